The molecular weight excluding hydrogens is 419 g/mol. The standard InChI is InChI=1S/C19H16F3N5O2S/c1-10-5-3-4-6-12(10)25-15-13(7-11(8-24-15)16(28)23-2)26-17(29)14-9-30-18(27-14)19(20,21)22/h3-9H,1-2H3,(H,23,28)(H,24,25)(H,26,29). The van der Waals surface area contributed by atoms with E-state index in [9.17, 15) is 22.8 Å². The first kappa shape index (κ1) is 21.2. The zero-order chi connectivity index (χ0) is 21.9. The Balaban J connectivity index is 1.94. The smallest absolute Gasteiger partial charge is 0.355 e. The number of aryl methyl sites for hydroxylation is 1. The molecule has 0 saturated carbocycles. The molecule has 30 heavy (non-hydrogen) atoms. The molecule has 0 radical (unpaired) electrons. The van der Waals surface area contributed by atoms with Gasteiger partial charge < -0.3 is 16.0 Å². The maximum atomic E-state index is 12.8. The summed E-state index contributed by atoms with van der Waals surface area (Å²) in [7, 11) is 1.44. The number of hydrogen-bond acceptors (Lipinski definition) is 6. The van der Waals surface area contributed by atoms with Crippen LogP contribution in [0.2, 0.25) is 0 Å². The number of anilines is 3. The van der Waals surface area contributed by atoms with Gasteiger partial charge in [0.15, 0.2) is 10.8 Å². The summed E-state index contributed by atoms with van der Waals surface area (Å²) >= 11 is 0.324. The van der Waals surface area contributed by atoms with Gasteiger partial charge >= 0.3 is 6.18 Å². The van der Waals surface area contributed by atoms with Crippen molar-refractivity contribution in [2.75, 3.05) is 17.7 Å². The van der Waals surface area contributed by atoms with Gasteiger partial charge in [-0.1, -0.05) is 18.2 Å². The van der Waals surface area contributed by atoms with E-state index >= 15 is 0 Å². The second-order valence-electron chi connectivity index (χ2n) is 6.13. The molecule has 1 aromatic carbocycles. The van der Waals surface area contributed by atoms with E-state index in [2.05, 4.69) is 25.9 Å². The van der Waals surface area contributed by atoms with Crippen LogP contribution in [-0.4, -0.2) is 28.8 Å². The number of carbonyl (C=O) groups excluding carboxylic acids is 2. The molecule has 2 heterocycles. The minimum absolute atomic E-state index is 0.117. The van der Waals surface area contributed by atoms with E-state index in [0.29, 0.717) is 17.0 Å². The largest absolute Gasteiger partial charge is 0.443 e. The second-order valence-corrected chi connectivity index (χ2v) is 6.99. The summed E-state index contributed by atoms with van der Waals surface area (Å²) in [5.74, 6) is -1.07. The number of aromatic nitrogens is 2. The van der Waals surface area contributed by atoms with Crippen LogP contribution < -0.4 is 16.0 Å². The lowest BCUT2D eigenvalue weighted by atomic mass is 10.2. The molecule has 2 aromatic heterocycles. The number of nitrogens with one attached hydrogen (secondary N) is 3. The summed E-state index contributed by atoms with van der Waals surface area (Å²) in [6, 6.07) is 8.70. The first-order valence-electron chi connectivity index (χ1n) is 8.58. The molecule has 156 valence electrons. The Morgan fingerprint density at radius 2 is 1.83 bits per heavy atom. The number of benzene rings is 1. The summed E-state index contributed by atoms with van der Waals surface area (Å²) in [4.78, 5) is 32.0. The summed E-state index contributed by atoms with van der Waals surface area (Å²) in [5, 5.41) is 7.88. The van der Waals surface area contributed by atoms with Crippen molar-refractivity contribution in [3.63, 3.8) is 0 Å². The first-order valence-corrected chi connectivity index (χ1v) is 9.46. The lowest BCUT2D eigenvalue weighted by molar-refractivity contribution is -0.137. The molecule has 0 aliphatic heterocycles. The molecule has 2 amide bonds. The Labute approximate surface area is 173 Å². The van der Waals surface area contributed by atoms with Crippen molar-refractivity contribution in [3.8, 4) is 0 Å². The Hall–Kier alpha value is -3.47. The number of nitrogens with zero attached hydrogens (tertiary/aromatic N) is 2. The third kappa shape index (κ3) is 4.74. The van der Waals surface area contributed by atoms with Crippen LogP contribution in [0.1, 0.15) is 31.4 Å². The van der Waals surface area contributed by atoms with Crippen molar-refractivity contribution in [2.45, 2.75) is 13.1 Å². The van der Waals surface area contributed by atoms with Gasteiger partial charge in [0.05, 0.1) is 11.3 Å². The fourth-order valence-corrected chi connectivity index (χ4v) is 3.13. The molecular formula is C19H16F3N5O2S. The van der Waals surface area contributed by atoms with Gasteiger partial charge in [-0.3, -0.25) is 9.59 Å². The number of pyridine rings is 1. The van der Waals surface area contributed by atoms with Crippen LogP contribution >= 0.6 is 11.3 Å². The number of para-hydroxylation sites is 1. The predicted octanol–water partition coefficient (Wildman–Crippen LogP) is 4.22. The van der Waals surface area contributed by atoms with Crippen molar-refractivity contribution in [3.05, 3.63) is 63.7 Å². The van der Waals surface area contributed by atoms with Gasteiger partial charge in [-0.05, 0) is 24.6 Å². The lowest BCUT2D eigenvalue weighted by Gasteiger charge is -2.14. The molecule has 0 aliphatic rings. The van der Waals surface area contributed by atoms with E-state index < -0.39 is 23.0 Å². The Morgan fingerprint density at radius 3 is 2.47 bits per heavy atom. The highest BCUT2D eigenvalue weighted by Gasteiger charge is 2.35. The molecule has 0 spiro atoms. The second kappa shape index (κ2) is 8.49. The van der Waals surface area contributed by atoms with Crippen LogP contribution in [0.5, 0.6) is 0 Å². The van der Waals surface area contributed by atoms with E-state index in [-0.39, 0.29) is 22.8 Å². The highest BCUT2D eigenvalue weighted by molar-refractivity contribution is 7.10. The molecule has 0 unspecified atom stereocenters. The van der Waals surface area contributed by atoms with Crippen LogP contribution in [0.4, 0.5) is 30.4 Å². The number of carbonyl (C=O) groups is 2. The number of thiazole rings is 1. The molecule has 0 aliphatic carbocycles. The summed E-state index contributed by atoms with van der Waals surface area (Å²) in [6.07, 6.45) is -3.32. The normalized spacial score (nSPS) is 11.1. The highest BCUT2D eigenvalue weighted by atomic mass is 32.1. The molecule has 0 saturated heterocycles. The molecule has 11 heteroatoms. The average molecular weight is 435 g/mol. The number of hydrogen-bond donors (Lipinski definition) is 3. The molecule has 0 bridgehead atoms. The molecule has 7 nitrogen and oxygen atoms in total. The van der Waals surface area contributed by atoms with Crippen molar-refractivity contribution in [2.24, 2.45) is 0 Å². The highest BCUT2D eigenvalue weighted by Crippen LogP contribution is 2.32. The van der Waals surface area contributed by atoms with Gasteiger partial charge in [-0.2, -0.15) is 13.2 Å². The van der Waals surface area contributed by atoms with Crippen LogP contribution in [-0.2, 0) is 6.18 Å². The van der Waals surface area contributed by atoms with Crippen molar-refractivity contribution < 1.29 is 22.8 Å². The monoisotopic (exact) mass is 435 g/mol. The van der Waals surface area contributed by atoms with E-state index in [1.165, 1.54) is 19.3 Å². The Kier molecular flexibility index (Phi) is 6.01. The fourth-order valence-electron chi connectivity index (χ4n) is 2.46. The quantitative estimate of drug-likeness (QED) is 0.558. The van der Waals surface area contributed by atoms with Crippen LogP contribution in [0.25, 0.3) is 0 Å². The average Bonchev–Trinajstić information content (AvgIpc) is 3.21. The third-order valence-corrected chi connectivity index (χ3v) is 4.89. The minimum Gasteiger partial charge on any atom is -0.355 e. The Morgan fingerprint density at radius 1 is 1.10 bits per heavy atom. The zero-order valence-electron chi connectivity index (χ0n) is 15.8. The van der Waals surface area contributed by atoms with Gasteiger partial charge in [0.1, 0.15) is 5.69 Å². The van der Waals surface area contributed by atoms with Crippen molar-refractivity contribution >= 4 is 40.3 Å². The first-order chi connectivity index (χ1) is 14.2. The van der Waals surface area contributed by atoms with Crippen molar-refractivity contribution in [1.29, 1.82) is 0 Å². The van der Waals surface area contributed by atoms with Gasteiger partial charge in [-0.25, -0.2) is 9.97 Å². The minimum atomic E-state index is -4.64. The molecule has 3 rings (SSSR count). The topological polar surface area (TPSA) is 96.0 Å². The molecule has 3 aromatic rings. The number of halogens is 3. The summed E-state index contributed by atoms with van der Waals surface area (Å²) < 4.78 is 38.3. The van der Waals surface area contributed by atoms with Gasteiger partial charge in [-0.15, -0.1) is 11.3 Å². The van der Waals surface area contributed by atoms with E-state index in [1.54, 1.807) is 12.1 Å². The van der Waals surface area contributed by atoms with E-state index in [0.717, 1.165) is 10.9 Å². The maximum absolute atomic E-state index is 12.8. The van der Waals surface area contributed by atoms with Crippen molar-refractivity contribution in [1.82, 2.24) is 15.3 Å². The van der Waals surface area contributed by atoms with Crippen LogP contribution in [0.15, 0.2) is 41.9 Å². The zero-order valence-corrected chi connectivity index (χ0v) is 16.6. The molecule has 3 N–H and O–H groups in total. The third-order valence-electron chi connectivity index (χ3n) is 4.00. The van der Waals surface area contributed by atoms with Gasteiger partial charge in [0, 0.05) is 24.3 Å². The molecule has 0 atom stereocenters. The number of rotatable bonds is 5. The maximum Gasteiger partial charge on any atom is 0.443 e. The predicted molar refractivity (Wildman–Crippen MR) is 107 cm³/mol. The van der Waals surface area contributed by atoms with Crippen LogP contribution in [0, 0.1) is 6.92 Å². The SMILES string of the molecule is CNC(=O)c1cnc(Nc2ccccc2C)c(NC(=O)c2csc(C(F)(F)F)n2)c1. The molecule has 0 fully saturated rings. The Bertz CT molecular complexity index is 1100. The van der Waals surface area contributed by atoms with Crippen LogP contribution in [0.3, 0.4) is 0 Å². The summed E-state index contributed by atoms with van der Waals surface area (Å²) in [6.45, 7) is 1.87. The van der Waals surface area contributed by atoms with E-state index in [1.807, 2.05) is 19.1 Å². The lowest BCUT2D eigenvalue weighted by Crippen LogP contribution is -2.20. The summed E-state index contributed by atoms with van der Waals surface area (Å²) in [5.41, 5.74) is 1.50. The van der Waals surface area contributed by atoms with Gasteiger partial charge in [0.2, 0.25) is 0 Å². The van der Waals surface area contributed by atoms with Gasteiger partial charge in [0.25, 0.3) is 11.8 Å². The number of alkyl halides is 3. The van der Waals surface area contributed by atoms with E-state index in [4.69, 9.17) is 0 Å². The fraction of sp³-hybridized carbons (Fsp3) is 0.158. The number of amides is 2.